The van der Waals surface area contributed by atoms with Crippen molar-refractivity contribution in [2.24, 2.45) is 11.8 Å². The van der Waals surface area contributed by atoms with E-state index in [0.29, 0.717) is 24.8 Å². The van der Waals surface area contributed by atoms with Crippen LogP contribution in [0.5, 0.6) is 0 Å². The lowest BCUT2D eigenvalue weighted by Gasteiger charge is -2.35. The molecule has 3 rings (SSSR count). The van der Waals surface area contributed by atoms with Gasteiger partial charge < -0.3 is 10.2 Å². The van der Waals surface area contributed by atoms with Gasteiger partial charge in [-0.05, 0) is 47.9 Å². The summed E-state index contributed by atoms with van der Waals surface area (Å²) in [4.78, 5) is 26.8. The normalized spacial score (nSPS) is 19.3. The Labute approximate surface area is 167 Å². The fourth-order valence-electron chi connectivity index (χ4n) is 3.97. The van der Waals surface area contributed by atoms with Crippen LogP contribution in [0.4, 0.5) is 0 Å². The third-order valence-corrected chi connectivity index (χ3v) is 5.33. The van der Waals surface area contributed by atoms with Crippen LogP contribution in [-0.4, -0.2) is 29.8 Å². The van der Waals surface area contributed by atoms with Gasteiger partial charge in [-0.15, -0.1) is 0 Å². The minimum atomic E-state index is 0.0419. The van der Waals surface area contributed by atoms with Gasteiger partial charge in [0.25, 0.3) is 5.91 Å². The zero-order valence-corrected chi connectivity index (χ0v) is 16.9. The Morgan fingerprint density at radius 3 is 2.21 bits per heavy atom. The zero-order valence-electron chi connectivity index (χ0n) is 16.9. The van der Waals surface area contributed by atoms with Crippen molar-refractivity contribution in [1.29, 1.82) is 0 Å². The highest BCUT2D eigenvalue weighted by Crippen LogP contribution is 2.22. The van der Waals surface area contributed by atoms with E-state index in [0.717, 1.165) is 30.6 Å². The van der Waals surface area contributed by atoms with Crippen LogP contribution >= 0.6 is 0 Å². The highest BCUT2D eigenvalue weighted by molar-refractivity contribution is 5.94. The largest absolute Gasteiger partial charge is 0.352 e. The third-order valence-electron chi connectivity index (χ3n) is 5.33. The molecule has 148 valence electrons. The second-order valence-corrected chi connectivity index (χ2v) is 8.12. The average molecular weight is 379 g/mol. The summed E-state index contributed by atoms with van der Waals surface area (Å²) < 4.78 is 0. The quantitative estimate of drug-likeness (QED) is 0.824. The molecule has 0 spiro atoms. The highest BCUT2D eigenvalue weighted by atomic mass is 16.2. The predicted octanol–water partition coefficient (Wildman–Crippen LogP) is 4.05. The van der Waals surface area contributed by atoms with Gasteiger partial charge in [0, 0.05) is 31.6 Å². The number of benzene rings is 2. The molecule has 2 aromatic rings. The maximum absolute atomic E-state index is 12.7. The highest BCUT2D eigenvalue weighted by Gasteiger charge is 2.25. The van der Waals surface area contributed by atoms with Crippen LogP contribution in [0.25, 0.3) is 0 Å². The number of amides is 2. The monoisotopic (exact) mass is 378 g/mol. The van der Waals surface area contributed by atoms with Crippen LogP contribution in [0.15, 0.2) is 54.6 Å². The molecule has 1 saturated heterocycles. The van der Waals surface area contributed by atoms with Crippen molar-refractivity contribution >= 4 is 11.8 Å². The van der Waals surface area contributed by atoms with Gasteiger partial charge in [-0.3, -0.25) is 9.59 Å². The van der Waals surface area contributed by atoms with E-state index in [4.69, 9.17) is 0 Å². The van der Waals surface area contributed by atoms with Crippen LogP contribution in [0, 0.1) is 11.8 Å². The third kappa shape index (κ3) is 5.69. The Morgan fingerprint density at radius 2 is 1.57 bits per heavy atom. The second-order valence-electron chi connectivity index (χ2n) is 8.12. The summed E-state index contributed by atoms with van der Waals surface area (Å²) in [6.45, 7) is 6.57. The number of carbonyl (C=O) groups excluding carboxylic acids is 2. The van der Waals surface area contributed by atoms with Gasteiger partial charge in [-0.1, -0.05) is 56.3 Å². The number of piperidine rings is 1. The fraction of sp³-hybridized carbons (Fsp3) is 0.417. The Hall–Kier alpha value is -2.62. The molecule has 0 aliphatic carbocycles. The van der Waals surface area contributed by atoms with Gasteiger partial charge in [0.15, 0.2) is 0 Å². The lowest BCUT2D eigenvalue weighted by atomic mass is 9.91. The maximum atomic E-state index is 12.7. The lowest BCUT2D eigenvalue weighted by Crippen LogP contribution is -2.42. The molecule has 0 radical (unpaired) electrons. The van der Waals surface area contributed by atoms with Crippen molar-refractivity contribution in [2.45, 2.75) is 39.7 Å². The molecule has 2 amide bonds. The van der Waals surface area contributed by atoms with Gasteiger partial charge in [-0.2, -0.15) is 0 Å². The number of hydrogen-bond donors (Lipinski definition) is 1. The standard InChI is InChI=1S/C24H30N2O2/c1-18-14-19(2)17-26(16-18)24(28)22-11-8-21(9-12-22)15-25-23(27)13-10-20-6-4-3-5-7-20/h3-9,11-12,18-19H,10,13-17H2,1-2H3,(H,25,27). The summed E-state index contributed by atoms with van der Waals surface area (Å²) in [7, 11) is 0. The minimum Gasteiger partial charge on any atom is -0.352 e. The first-order valence-corrected chi connectivity index (χ1v) is 10.2. The summed E-state index contributed by atoms with van der Waals surface area (Å²) in [6.07, 6.45) is 2.41. The Bertz CT molecular complexity index is 776. The van der Waals surface area contributed by atoms with Gasteiger partial charge >= 0.3 is 0 Å². The topological polar surface area (TPSA) is 49.4 Å². The first kappa shape index (κ1) is 20.1. The molecule has 1 N–H and O–H groups in total. The number of aryl methyl sites for hydroxylation is 1. The molecule has 1 aliphatic rings. The number of nitrogens with zero attached hydrogens (tertiary/aromatic N) is 1. The van der Waals surface area contributed by atoms with Crippen molar-refractivity contribution in [2.75, 3.05) is 13.1 Å². The first-order valence-electron chi connectivity index (χ1n) is 10.2. The molecular formula is C24H30N2O2. The Kier molecular flexibility index (Phi) is 6.85. The van der Waals surface area contributed by atoms with E-state index in [2.05, 4.69) is 19.2 Å². The van der Waals surface area contributed by atoms with Crippen LogP contribution in [-0.2, 0) is 17.8 Å². The fourth-order valence-corrected chi connectivity index (χ4v) is 3.97. The van der Waals surface area contributed by atoms with Crippen molar-refractivity contribution in [3.8, 4) is 0 Å². The molecular weight excluding hydrogens is 348 g/mol. The second kappa shape index (κ2) is 9.54. The maximum Gasteiger partial charge on any atom is 0.253 e. The molecule has 28 heavy (non-hydrogen) atoms. The smallest absolute Gasteiger partial charge is 0.253 e. The van der Waals surface area contributed by atoms with Crippen LogP contribution < -0.4 is 5.32 Å². The number of likely N-dealkylation sites (tertiary alicyclic amines) is 1. The van der Waals surface area contributed by atoms with Crippen molar-refractivity contribution in [3.63, 3.8) is 0 Å². The van der Waals surface area contributed by atoms with Gasteiger partial charge in [0.05, 0.1) is 0 Å². The molecule has 2 atom stereocenters. The summed E-state index contributed by atoms with van der Waals surface area (Å²) in [5.74, 6) is 1.26. The van der Waals surface area contributed by atoms with E-state index in [1.165, 1.54) is 12.0 Å². The van der Waals surface area contributed by atoms with Crippen molar-refractivity contribution < 1.29 is 9.59 Å². The molecule has 0 aromatic heterocycles. The Morgan fingerprint density at radius 1 is 0.929 bits per heavy atom. The molecule has 1 fully saturated rings. The number of nitrogens with one attached hydrogen (secondary N) is 1. The lowest BCUT2D eigenvalue weighted by molar-refractivity contribution is -0.121. The van der Waals surface area contributed by atoms with E-state index >= 15 is 0 Å². The molecule has 0 bridgehead atoms. The molecule has 1 heterocycles. The van der Waals surface area contributed by atoms with E-state index in [1.54, 1.807) is 0 Å². The number of carbonyl (C=O) groups is 2. The van der Waals surface area contributed by atoms with E-state index in [1.807, 2.05) is 59.5 Å². The van der Waals surface area contributed by atoms with E-state index < -0.39 is 0 Å². The number of rotatable bonds is 6. The first-order chi connectivity index (χ1) is 13.5. The van der Waals surface area contributed by atoms with E-state index in [-0.39, 0.29) is 11.8 Å². The summed E-state index contributed by atoms with van der Waals surface area (Å²) in [6, 6.07) is 17.6. The van der Waals surface area contributed by atoms with Gasteiger partial charge in [-0.25, -0.2) is 0 Å². The SMILES string of the molecule is CC1CC(C)CN(C(=O)c2ccc(CNC(=O)CCc3ccccc3)cc2)C1. The molecule has 1 aliphatic heterocycles. The molecule has 4 heteroatoms. The summed E-state index contributed by atoms with van der Waals surface area (Å²) in [5.41, 5.74) is 2.90. The average Bonchev–Trinajstić information content (AvgIpc) is 2.70. The van der Waals surface area contributed by atoms with Gasteiger partial charge in [0.2, 0.25) is 5.91 Å². The van der Waals surface area contributed by atoms with Crippen molar-refractivity contribution in [3.05, 3.63) is 71.3 Å². The van der Waals surface area contributed by atoms with Gasteiger partial charge in [0.1, 0.15) is 0 Å². The zero-order chi connectivity index (χ0) is 19.9. The molecule has 2 aromatic carbocycles. The van der Waals surface area contributed by atoms with Crippen LogP contribution in [0.2, 0.25) is 0 Å². The molecule has 4 nitrogen and oxygen atoms in total. The minimum absolute atomic E-state index is 0.0419. The van der Waals surface area contributed by atoms with Crippen LogP contribution in [0.1, 0.15) is 48.2 Å². The molecule has 2 unspecified atom stereocenters. The molecule has 0 saturated carbocycles. The van der Waals surface area contributed by atoms with E-state index in [9.17, 15) is 9.59 Å². The summed E-state index contributed by atoms with van der Waals surface area (Å²) >= 11 is 0. The number of hydrogen-bond acceptors (Lipinski definition) is 2. The summed E-state index contributed by atoms with van der Waals surface area (Å²) in [5, 5.41) is 2.96. The Balaban J connectivity index is 1.47. The predicted molar refractivity (Wildman–Crippen MR) is 112 cm³/mol. The van der Waals surface area contributed by atoms with Crippen molar-refractivity contribution in [1.82, 2.24) is 10.2 Å². The van der Waals surface area contributed by atoms with Crippen LogP contribution in [0.3, 0.4) is 0 Å².